The molecule has 0 bridgehead atoms. The second-order valence-electron chi connectivity index (χ2n) is 20.3. The van der Waals surface area contributed by atoms with Gasteiger partial charge in [-0.25, -0.2) is 0 Å². The Balaban J connectivity index is 0.956. The average molecular weight is 1020 g/mol. The summed E-state index contributed by atoms with van der Waals surface area (Å²) in [4.78, 5) is 15.3. The van der Waals surface area contributed by atoms with Gasteiger partial charge in [0.05, 0.1) is 17.1 Å². The molecule has 14 rings (SSSR count). The van der Waals surface area contributed by atoms with Gasteiger partial charge in [-0.1, -0.05) is 243 Å². The predicted octanol–water partition coefficient (Wildman–Crippen LogP) is 20.5. The van der Waals surface area contributed by atoms with Crippen molar-refractivity contribution in [3.63, 3.8) is 0 Å². The summed E-state index contributed by atoms with van der Waals surface area (Å²) in [6, 6.07) is 104. The van der Waals surface area contributed by atoms with Gasteiger partial charge in [0.15, 0.2) is 0 Å². The Kier molecular flexibility index (Phi) is 12.6. The lowest BCUT2D eigenvalue weighted by Crippen LogP contribution is -1.95. The molecule has 0 aliphatic rings. The minimum absolute atomic E-state index is 0.910. The number of pyridine rings is 3. The number of fused-ring (bicyclic) bond motifs is 3. The van der Waals surface area contributed by atoms with Crippen LogP contribution < -0.4 is 0 Å². The smallest absolute Gasteiger partial charge is 0.0708 e. The largest absolute Gasteiger partial charge is 0.256 e. The van der Waals surface area contributed by atoms with Crippen molar-refractivity contribution in [2.24, 2.45) is 0 Å². The average Bonchev–Trinajstić information content (AvgIpc) is 3.55. The molecule has 0 atom stereocenters. The molecule has 0 saturated carbocycles. The Labute approximate surface area is 466 Å². The maximum absolute atomic E-state index is 5.34. The van der Waals surface area contributed by atoms with Crippen LogP contribution >= 0.6 is 0 Å². The Morgan fingerprint density at radius 3 is 1.14 bits per heavy atom. The van der Waals surface area contributed by atoms with Crippen LogP contribution in [0.2, 0.25) is 0 Å². The van der Waals surface area contributed by atoms with Crippen LogP contribution in [0.3, 0.4) is 0 Å². The van der Waals surface area contributed by atoms with E-state index in [2.05, 4.69) is 285 Å². The van der Waals surface area contributed by atoms with Crippen LogP contribution in [0.1, 0.15) is 0 Å². The number of benzene rings is 11. The summed E-state index contributed by atoms with van der Waals surface area (Å²) >= 11 is 0. The van der Waals surface area contributed by atoms with Gasteiger partial charge in [0, 0.05) is 52.0 Å². The first-order chi connectivity index (χ1) is 39.6. The highest BCUT2D eigenvalue weighted by Crippen LogP contribution is 2.45. The molecule has 0 radical (unpaired) electrons. The fourth-order valence-electron chi connectivity index (χ4n) is 11.4. The Morgan fingerprint density at radius 1 is 0.163 bits per heavy atom. The van der Waals surface area contributed by atoms with E-state index in [9.17, 15) is 0 Å². The highest BCUT2D eigenvalue weighted by molar-refractivity contribution is 6.09. The van der Waals surface area contributed by atoms with Crippen molar-refractivity contribution >= 4 is 21.5 Å². The highest BCUT2D eigenvalue weighted by Gasteiger charge is 2.20. The number of aromatic nitrogens is 3. The van der Waals surface area contributed by atoms with Gasteiger partial charge in [-0.2, -0.15) is 0 Å². The van der Waals surface area contributed by atoms with E-state index < -0.39 is 0 Å². The molecule has 3 aromatic heterocycles. The van der Waals surface area contributed by atoms with Gasteiger partial charge in [-0.3, -0.25) is 15.0 Å². The molecule has 0 fully saturated rings. The second-order valence-corrected chi connectivity index (χ2v) is 20.3. The first-order valence-corrected chi connectivity index (χ1v) is 27.2. The van der Waals surface area contributed by atoms with E-state index >= 15 is 0 Å². The van der Waals surface area contributed by atoms with Gasteiger partial charge in [0.25, 0.3) is 0 Å². The normalized spacial score (nSPS) is 11.2. The molecule has 374 valence electrons. The van der Waals surface area contributed by atoms with Gasteiger partial charge >= 0.3 is 0 Å². The van der Waals surface area contributed by atoms with E-state index in [0.29, 0.717) is 0 Å². The van der Waals surface area contributed by atoms with Crippen LogP contribution in [0.5, 0.6) is 0 Å². The molecule has 3 heterocycles. The van der Waals surface area contributed by atoms with Gasteiger partial charge < -0.3 is 0 Å². The molecular formula is C77H51N3. The molecule has 0 aliphatic heterocycles. The van der Waals surface area contributed by atoms with Crippen molar-refractivity contribution in [2.75, 3.05) is 0 Å². The molecule has 14 aromatic rings. The van der Waals surface area contributed by atoms with E-state index in [-0.39, 0.29) is 0 Å². The van der Waals surface area contributed by atoms with Crippen LogP contribution in [-0.2, 0) is 0 Å². The fraction of sp³-hybridized carbons (Fsp3) is 0. The topological polar surface area (TPSA) is 38.7 Å². The number of hydrogen-bond acceptors (Lipinski definition) is 3. The lowest BCUT2D eigenvalue weighted by molar-refractivity contribution is 1.32. The Hall–Kier alpha value is -10.6. The summed E-state index contributed by atoms with van der Waals surface area (Å²) < 4.78 is 0. The van der Waals surface area contributed by atoms with Crippen LogP contribution in [0.15, 0.2) is 310 Å². The molecule has 80 heavy (non-hydrogen) atoms. The molecule has 0 aliphatic carbocycles. The zero-order valence-electron chi connectivity index (χ0n) is 43.8. The fourth-order valence-corrected chi connectivity index (χ4v) is 11.4. The lowest BCUT2D eigenvalue weighted by Gasteiger charge is -2.19. The zero-order valence-corrected chi connectivity index (χ0v) is 43.8. The highest BCUT2D eigenvalue weighted by atomic mass is 14.7. The van der Waals surface area contributed by atoms with Crippen LogP contribution in [0, 0.1) is 0 Å². The third-order valence-corrected chi connectivity index (χ3v) is 15.5. The summed E-state index contributed by atoms with van der Waals surface area (Å²) in [7, 11) is 0. The molecule has 0 amide bonds. The molecule has 3 nitrogen and oxygen atoms in total. The van der Waals surface area contributed by atoms with E-state index in [0.717, 1.165) is 117 Å². The van der Waals surface area contributed by atoms with Crippen LogP contribution in [0.25, 0.3) is 144 Å². The zero-order chi connectivity index (χ0) is 53.2. The van der Waals surface area contributed by atoms with E-state index in [1.165, 1.54) is 27.1 Å². The van der Waals surface area contributed by atoms with Crippen LogP contribution in [-0.4, -0.2) is 15.0 Å². The van der Waals surface area contributed by atoms with E-state index in [1.807, 2.05) is 24.5 Å². The van der Waals surface area contributed by atoms with E-state index in [4.69, 9.17) is 15.0 Å². The maximum Gasteiger partial charge on any atom is 0.0708 e. The van der Waals surface area contributed by atoms with Crippen LogP contribution in [0.4, 0.5) is 0 Å². The molecular weight excluding hydrogens is 967 g/mol. The molecule has 0 N–H and O–H groups in total. The number of nitrogens with zero attached hydrogens (tertiary/aromatic N) is 3. The molecule has 0 unspecified atom stereocenters. The van der Waals surface area contributed by atoms with Crippen molar-refractivity contribution < 1.29 is 0 Å². The van der Waals surface area contributed by atoms with E-state index in [1.54, 1.807) is 0 Å². The monoisotopic (exact) mass is 1020 g/mol. The predicted molar refractivity (Wildman–Crippen MR) is 335 cm³/mol. The summed E-state index contributed by atoms with van der Waals surface area (Å²) in [5.74, 6) is 0. The minimum Gasteiger partial charge on any atom is -0.256 e. The quantitative estimate of drug-likeness (QED) is 0.121. The first kappa shape index (κ1) is 47.8. The molecule has 3 heteroatoms. The Morgan fingerprint density at radius 2 is 0.575 bits per heavy atom. The summed E-state index contributed by atoms with van der Waals surface area (Å²) in [5.41, 5.74) is 23.6. The van der Waals surface area contributed by atoms with Gasteiger partial charge in [0.1, 0.15) is 0 Å². The lowest BCUT2D eigenvalue weighted by atomic mass is 9.85. The summed E-state index contributed by atoms with van der Waals surface area (Å²) in [6.07, 6.45) is 6.11. The number of hydrogen-bond donors (Lipinski definition) is 0. The first-order valence-electron chi connectivity index (χ1n) is 27.2. The minimum atomic E-state index is 0.910. The maximum atomic E-state index is 5.34. The third kappa shape index (κ3) is 9.33. The summed E-state index contributed by atoms with van der Waals surface area (Å²) in [6.45, 7) is 0. The van der Waals surface area contributed by atoms with Crippen molar-refractivity contribution in [1.82, 2.24) is 15.0 Å². The SMILES string of the molecule is c1ccc(-c2cccc(-c3cc(-c4ccc5c(ccc6ccccc65)c4)c(-c4ccccc4-c4cc(-c5ccccc5-c5ccc(-c6ccccc6)nc5)cc(-c5ccccc5-c5ccc(-c6ccccc6)nc5)c4)cn3)c2)cc1. The molecule has 0 saturated heterocycles. The van der Waals surface area contributed by atoms with Gasteiger partial charge in [0.2, 0.25) is 0 Å². The second kappa shape index (κ2) is 21.1. The van der Waals surface area contributed by atoms with Gasteiger partial charge in [-0.05, 0) is 142 Å². The standard InChI is InChI=1S/C77H51N3/c1-4-19-52(20-5-1)56-26-18-27-59(43-56)77-48-73(58-37-40-71-57(44-58)36-35-53-21-10-11-28-65(53)71)74(51-80-77)72-34-17-16-33-70(72)64-46-62(68-31-14-12-29-66(68)60-38-41-75(78-49-60)54-22-6-2-7-23-54)45-63(47-64)69-32-15-13-30-67(69)61-39-42-76(79-50-61)55-24-8-3-9-25-55/h1-51H. The van der Waals surface area contributed by atoms with Gasteiger partial charge in [-0.15, -0.1) is 0 Å². The van der Waals surface area contributed by atoms with Crippen molar-refractivity contribution in [1.29, 1.82) is 0 Å². The summed E-state index contributed by atoms with van der Waals surface area (Å²) in [5, 5.41) is 4.90. The molecule has 11 aromatic carbocycles. The molecule has 0 spiro atoms. The van der Waals surface area contributed by atoms with Crippen molar-refractivity contribution in [2.45, 2.75) is 0 Å². The number of rotatable bonds is 11. The third-order valence-electron chi connectivity index (χ3n) is 15.5. The van der Waals surface area contributed by atoms with Crippen molar-refractivity contribution in [3.8, 4) is 123 Å². The Bertz CT molecular complexity index is 4410. The van der Waals surface area contributed by atoms with Crippen molar-refractivity contribution in [3.05, 3.63) is 310 Å².